The minimum atomic E-state index is -0.634. The molecule has 3 amide bonds. The Morgan fingerprint density at radius 3 is 2.47 bits per heavy atom. The second-order valence-electron chi connectivity index (χ2n) is 4.07. The molecule has 0 bridgehead atoms. The van der Waals surface area contributed by atoms with Crippen LogP contribution < -0.4 is 5.73 Å². The molecule has 0 radical (unpaired) electrons. The average Bonchev–Trinajstić information content (AvgIpc) is 2.44. The van der Waals surface area contributed by atoms with E-state index in [0.29, 0.717) is 6.42 Å². The van der Waals surface area contributed by atoms with Gasteiger partial charge >= 0.3 is 6.03 Å². The third kappa shape index (κ3) is 1.77. The van der Waals surface area contributed by atoms with Gasteiger partial charge in [-0.05, 0) is 6.42 Å². The first kappa shape index (κ1) is 10.2. The van der Waals surface area contributed by atoms with Gasteiger partial charge in [0.25, 0.3) is 0 Å². The van der Waals surface area contributed by atoms with Crippen molar-refractivity contribution in [1.82, 2.24) is 9.80 Å². The first-order valence-electron chi connectivity index (χ1n) is 5.12. The number of urea groups is 1. The third-order valence-corrected chi connectivity index (χ3v) is 3.01. The minimum absolute atomic E-state index is 0.0865. The highest BCUT2D eigenvalue weighted by molar-refractivity contribution is 5.87. The van der Waals surface area contributed by atoms with E-state index in [0.717, 1.165) is 19.5 Å². The predicted molar refractivity (Wildman–Crippen MR) is 51.9 cm³/mol. The normalized spacial score (nSPS) is 30.2. The Morgan fingerprint density at radius 1 is 1.33 bits per heavy atom. The van der Waals surface area contributed by atoms with E-state index in [1.165, 1.54) is 4.90 Å². The van der Waals surface area contributed by atoms with Gasteiger partial charge in [0.15, 0.2) is 0 Å². The number of hydrogen-bond donors (Lipinski definition) is 2. The smallest absolute Gasteiger partial charge is 0.315 e. The summed E-state index contributed by atoms with van der Waals surface area (Å²) in [6, 6.07) is -1.19. The van der Waals surface area contributed by atoms with Gasteiger partial charge in [-0.15, -0.1) is 0 Å². The van der Waals surface area contributed by atoms with E-state index in [9.17, 15) is 14.7 Å². The molecule has 15 heavy (non-hydrogen) atoms. The zero-order valence-electron chi connectivity index (χ0n) is 8.43. The van der Waals surface area contributed by atoms with Crippen molar-refractivity contribution in [2.45, 2.75) is 25.0 Å². The van der Waals surface area contributed by atoms with E-state index in [4.69, 9.17) is 5.73 Å². The van der Waals surface area contributed by atoms with Crippen LogP contribution in [0.2, 0.25) is 0 Å². The van der Waals surface area contributed by atoms with E-state index in [1.807, 2.05) is 0 Å². The van der Waals surface area contributed by atoms with Gasteiger partial charge in [0.2, 0.25) is 5.91 Å². The lowest BCUT2D eigenvalue weighted by Gasteiger charge is -2.35. The summed E-state index contributed by atoms with van der Waals surface area (Å²) in [6.07, 6.45) is 0.684. The third-order valence-electron chi connectivity index (χ3n) is 3.01. The van der Waals surface area contributed by atoms with Crippen molar-refractivity contribution in [3.63, 3.8) is 0 Å². The monoisotopic (exact) mass is 213 g/mol. The highest BCUT2D eigenvalue weighted by atomic mass is 16.3. The number of aliphatic hydroxyl groups is 1. The van der Waals surface area contributed by atoms with E-state index < -0.39 is 18.2 Å². The first-order chi connectivity index (χ1) is 7.09. The van der Waals surface area contributed by atoms with Crippen LogP contribution in [0, 0.1) is 0 Å². The van der Waals surface area contributed by atoms with Gasteiger partial charge in [-0.2, -0.15) is 0 Å². The second kappa shape index (κ2) is 3.69. The maximum absolute atomic E-state index is 11.9. The highest BCUT2D eigenvalue weighted by Gasteiger charge is 2.40. The molecule has 0 aliphatic carbocycles. The lowest BCUT2D eigenvalue weighted by molar-refractivity contribution is -0.138. The number of likely N-dealkylation sites (tertiary alicyclic amines) is 2. The molecule has 0 aromatic heterocycles. The van der Waals surface area contributed by atoms with Crippen LogP contribution in [-0.4, -0.2) is 58.6 Å². The van der Waals surface area contributed by atoms with Gasteiger partial charge in [-0.3, -0.25) is 4.79 Å². The number of carbonyl (C=O) groups excluding carboxylic acids is 2. The lowest BCUT2D eigenvalue weighted by Crippen LogP contribution is -2.53. The Bertz CT molecular complexity index is 290. The summed E-state index contributed by atoms with van der Waals surface area (Å²) in [7, 11) is 0. The zero-order valence-corrected chi connectivity index (χ0v) is 8.43. The number of carbonyl (C=O) groups is 2. The standard InChI is InChI=1S/C9H15N3O3/c10-9(15)12-5-6(13)4-7(12)8(14)11-2-1-3-11/h6-7,13H,1-5H2,(H2,10,15). The molecule has 84 valence electrons. The van der Waals surface area contributed by atoms with Crippen LogP contribution in [-0.2, 0) is 4.79 Å². The molecule has 2 rings (SSSR count). The fourth-order valence-electron chi connectivity index (χ4n) is 2.04. The van der Waals surface area contributed by atoms with Crippen molar-refractivity contribution >= 4 is 11.9 Å². The number of hydrogen-bond acceptors (Lipinski definition) is 3. The van der Waals surface area contributed by atoms with Gasteiger partial charge in [0, 0.05) is 26.1 Å². The molecule has 2 saturated heterocycles. The fraction of sp³-hybridized carbons (Fsp3) is 0.778. The quantitative estimate of drug-likeness (QED) is 0.569. The Kier molecular flexibility index (Phi) is 2.52. The van der Waals surface area contributed by atoms with Crippen LogP contribution in [0.4, 0.5) is 4.79 Å². The number of amides is 3. The molecule has 2 unspecified atom stereocenters. The summed E-state index contributed by atoms with van der Waals surface area (Å²) in [5.41, 5.74) is 5.15. The molecule has 0 spiro atoms. The van der Waals surface area contributed by atoms with Crippen LogP contribution in [0.1, 0.15) is 12.8 Å². The first-order valence-corrected chi connectivity index (χ1v) is 5.12. The molecular formula is C9H15N3O3. The van der Waals surface area contributed by atoms with E-state index >= 15 is 0 Å². The van der Waals surface area contributed by atoms with Crippen molar-refractivity contribution in [2.75, 3.05) is 19.6 Å². The molecule has 2 aliphatic heterocycles. The Hall–Kier alpha value is -1.30. The van der Waals surface area contributed by atoms with Crippen LogP contribution >= 0.6 is 0 Å². The van der Waals surface area contributed by atoms with Crippen molar-refractivity contribution in [1.29, 1.82) is 0 Å². The van der Waals surface area contributed by atoms with Crippen LogP contribution in [0.3, 0.4) is 0 Å². The predicted octanol–water partition coefficient (Wildman–Crippen LogP) is -1.27. The van der Waals surface area contributed by atoms with Crippen LogP contribution in [0.15, 0.2) is 0 Å². The van der Waals surface area contributed by atoms with E-state index in [1.54, 1.807) is 4.90 Å². The van der Waals surface area contributed by atoms with Gasteiger partial charge in [0.1, 0.15) is 6.04 Å². The summed E-state index contributed by atoms with van der Waals surface area (Å²) in [6.45, 7) is 1.66. The molecule has 0 aromatic carbocycles. The van der Waals surface area contributed by atoms with Crippen molar-refractivity contribution in [2.24, 2.45) is 5.73 Å². The molecule has 2 fully saturated rings. The van der Waals surface area contributed by atoms with Crippen molar-refractivity contribution in [3.8, 4) is 0 Å². The summed E-state index contributed by atoms with van der Waals surface area (Å²) in [5.74, 6) is -0.0865. The van der Waals surface area contributed by atoms with Crippen molar-refractivity contribution in [3.05, 3.63) is 0 Å². The average molecular weight is 213 g/mol. The fourth-order valence-corrected chi connectivity index (χ4v) is 2.04. The molecule has 6 nitrogen and oxygen atoms in total. The van der Waals surface area contributed by atoms with E-state index in [2.05, 4.69) is 0 Å². The lowest BCUT2D eigenvalue weighted by atomic mass is 10.1. The molecule has 2 atom stereocenters. The van der Waals surface area contributed by atoms with Gasteiger partial charge in [-0.25, -0.2) is 4.79 Å². The topological polar surface area (TPSA) is 86.9 Å². The molecule has 3 N–H and O–H groups in total. The zero-order chi connectivity index (χ0) is 11.0. The van der Waals surface area contributed by atoms with Crippen LogP contribution in [0.25, 0.3) is 0 Å². The Balaban J connectivity index is 2.05. The molecule has 6 heteroatoms. The molecule has 2 heterocycles. The molecule has 2 aliphatic rings. The molecule has 0 saturated carbocycles. The number of nitrogens with zero attached hydrogens (tertiary/aromatic N) is 2. The van der Waals surface area contributed by atoms with Crippen LogP contribution in [0.5, 0.6) is 0 Å². The number of aliphatic hydroxyl groups excluding tert-OH is 1. The molecular weight excluding hydrogens is 198 g/mol. The SMILES string of the molecule is NC(=O)N1CC(O)CC1C(=O)N1CCC1. The summed E-state index contributed by atoms with van der Waals surface area (Å²) in [5, 5.41) is 9.42. The van der Waals surface area contributed by atoms with Crippen molar-refractivity contribution < 1.29 is 14.7 Å². The van der Waals surface area contributed by atoms with Gasteiger partial charge in [-0.1, -0.05) is 0 Å². The largest absolute Gasteiger partial charge is 0.391 e. The summed E-state index contributed by atoms with van der Waals surface area (Å²) < 4.78 is 0. The molecule has 0 aromatic rings. The number of nitrogens with two attached hydrogens (primary N) is 1. The Morgan fingerprint density at radius 2 is 2.00 bits per heavy atom. The van der Waals surface area contributed by atoms with Gasteiger partial charge < -0.3 is 20.6 Å². The number of β-amino-alcohol motifs (C(OH)–C–C–N with tert-alkyl or cyclic N) is 1. The second-order valence-corrected chi connectivity index (χ2v) is 4.07. The highest BCUT2D eigenvalue weighted by Crippen LogP contribution is 2.21. The Labute approximate surface area is 87.6 Å². The number of rotatable bonds is 1. The maximum Gasteiger partial charge on any atom is 0.315 e. The minimum Gasteiger partial charge on any atom is -0.391 e. The summed E-state index contributed by atoms with van der Waals surface area (Å²) in [4.78, 5) is 25.9. The van der Waals surface area contributed by atoms with Gasteiger partial charge in [0.05, 0.1) is 6.10 Å². The summed E-state index contributed by atoms with van der Waals surface area (Å²) >= 11 is 0. The van der Waals surface area contributed by atoms with E-state index in [-0.39, 0.29) is 12.5 Å². The number of primary amides is 1. The maximum atomic E-state index is 11.9.